The summed E-state index contributed by atoms with van der Waals surface area (Å²) in [4.78, 5) is 19.0. The highest BCUT2D eigenvalue weighted by molar-refractivity contribution is 6.30. The highest BCUT2D eigenvalue weighted by Crippen LogP contribution is 2.22. The number of halogens is 1. The van der Waals surface area contributed by atoms with Crippen LogP contribution in [0.5, 0.6) is 11.5 Å². The molecule has 0 bridgehead atoms. The average molecular weight is 385 g/mol. The maximum atomic E-state index is 12.8. The number of nitrogens with zero attached hydrogens (tertiary/aromatic N) is 2. The first kappa shape index (κ1) is 19.0. The average Bonchev–Trinajstić information content (AvgIpc) is 2.68. The molecule has 3 rings (SSSR count). The van der Waals surface area contributed by atoms with Gasteiger partial charge < -0.3 is 14.4 Å². The summed E-state index contributed by atoms with van der Waals surface area (Å²) >= 11 is 5.86. The summed E-state index contributed by atoms with van der Waals surface area (Å²) in [7, 11) is 3.37. The number of pyridine rings is 1. The smallest absolute Gasteiger partial charge is 0.255 e. The first-order valence-corrected chi connectivity index (χ1v) is 8.95. The third-order valence-electron chi connectivity index (χ3n) is 4.30. The summed E-state index contributed by atoms with van der Waals surface area (Å²) in [5.74, 6) is 1.36. The van der Waals surface area contributed by atoms with Gasteiger partial charge in [0, 0.05) is 17.5 Å². The Balaban J connectivity index is 1.70. The fourth-order valence-electron chi connectivity index (χ4n) is 2.73. The van der Waals surface area contributed by atoms with Crippen molar-refractivity contribution in [2.45, 2.75) is 6.92 Å². The zero-order valence-corrected chi connectivity index (χ0v) is 16.3. The number of fused-ring (bicyclic) bond motifs is 1. The Labute approximate surface area is 163 Å². The number of hydrogen-bond acceptors (Lipinski definition) is 4. The molecule has 3 aromatic rings. The number of likely N-dealkylation sites (N-methyl/N-ethyl adjacent to an activating group) is 1. The van der Waals surface area contributed by atoms with Crippen LogP contribution in [0.4, 0.5) is 0 Å². The van der Waals surface area contributed by atoms with Gasteiger partial charge in [0.2, 0.25) is 0 Å². The number of rotatable bonds is 6. The predicted octanol–water partition coefficient (Wildman–Crippen LogP) is 4.36. The Morgan fingerprint density at radius 2 is 1.81 bits per heavy atom. The van der Waals surface area contributed by atoms with Gasteiger partial charge in [-0.2, -0.15) is 0 Å². The second-order valence-corrected chi connectivity index (χ2v) is 6.65. The van der Waals surface area contributed by atoms with Crippen molar-refractivity contribution in [1.29, 1.82) is 0 Å². The minimum atomic E-state index is -0.0931. The van der Waals surface area contributed by atoms with Gasteiger partial charge in [-0.15, -0.1) is 0 Å². The van der Waals surface area contributed by atoms with Crippen LogP contribution in [0.1, 0.15) is 16.1 Å². The first-order chi connectivity index (χ1) is 13.0. The van der Waals surface area contributed by atoms with Gasteiger partial charge in [-0.1, -0.05) is 11.6 Å². The molecule has 5 nitrogen and oxygen atoms in total. The number of methoxy groups -OCH3 is 1. The van der Waals surface area contributed by atoms with Crippen LogP contribution < -0.4 is 9.47 Å². The maximum absolute atomic E-state index is 12.8. The van der Waals surface area contributed by atoms with Crippen LogP contribution in [0, 0.1) is 6.92 Å². The number of hydrogen-bond donors (Lipinski definition) is 0. The van der Waals surface area contributed by atoms with E-state index in [2.05, 4.69) is 4.98 Å². The quantitative estimate of drug-likeness (QED) is 0.633. The summed E-state index contributed by atoms with van der Waals surface area (Å²) < 4.78 is 10.9. The van der Waals surface area contributed by atoms with Crippen molar-refractivity contribution in [1.82, 2.24) is 9.88 Å². The molecule has 2 aromatic carbocycles. The topological polar surface area (TPSA) is 51.7 Å². The summed E-state index contributed by atoms with van der Waals surface area (Å²) in [6.45, 7) is 2.68. The zero-order valence-electron chi connectivity index (χ0n) is 15.5. The lowest BCUT2D eigenvalue weighted by Gasteiger charge is -2.19. The van der Waals surface area contributed by atoms with Gasteiger partial charge >= 0.3 is 0 Å². The van der Waals surface area contributed by atoms with Crippen molar-refractivity contribution in [2.75, 3.05) is 27.3 Å². The molecule has 27 heavy (non-hydrogen) atoms. The van der Waals surface area contributed by atoms with Crippen LogP contribution in [0.15, 0.2) is 48.5 Å². The van der Waals surface area contributed by atoms with Crippen LogP contribution in [0.3, 0.4) is 0 Å². The summed E-state index contributed by atoms with van der Waals surface area (Å²) in [6.07, 6.45) is 0. The molecule has 1 heterocycles. The molecule has 0 aliphatic rings. The molecule has 140 valence electrons. The Hall–Kier alpha value is -2.79. The van der Waals surface area contributed by atoms with E-state index in [9.17, 15) is 4.79 Å². The molecule has 0 fully saturated rings. The number of benzene rings is 2. The molecule has 0 atom stereocenters. The molecule has 6 heteroatoms. The van der Waals surface area contributed by atoms with E-state index in [1.54, 1.807) is 43.3 Å². The van der Waals surface area contributed by atoms with Gasteiger partial charge in [-0.25, -0.2) is 0 Å². The molecule has 0 saturated heterocycles. The van der Waals surface area contributed by atoms with Gasteiger partial charge in [-0.05, 0) is 55.5 Å². The lowest BCUT2D eigenvalue weighted by Crippen LogP contribution is -2.31. The zero-order chi connectivity index (χ0) is 19.4. The molecule has 1 amide bonds. The number of aryl methyl sites for hydroxylation is 1. The van der Waals surface area contributed by atoms with Gasteiger partial charge in [0.15, 0.2) is 0 Å². The van der Waals surface area contributed by atoms with Crippen LogP contribution in [-0.4, -0.2) is 43.1 Å². The number of carbonyl (C=O) groups excluding carboxylic acids is 1. The Bertz CT molecular complexity index is 958. The predicted molar refractivity (Wildman–Crippen MR) is 107 cm³/mol. The number of carbonyl (C=O) groups is 1. The minimum Gasteiger partial charge on any atom is -0.497 e. The molecule has 0 spiro atoms. The monoisotopic (exact) mass is 384 g/mol. The summed E-state index contributed by atoms with van der Waals surface area (Å²) in [5, 5.41) is 1.53. The molecule has 0 aliphatic carbocycles. The van der Waals surface area contributed by atoms with Crippen molar-refractivity contribution in [3.63, 3.8) is 0 Å². The van der Waals surface area contributed by atoms with Gasteiger partial charge in [0.1, 0.15) is 18.1 Å². The van der Waals surface area contributed by atoms with Crippen LogP contribution >= 0.6 is 11.6 Å². The van der Waals surface area contributed by atoms with Crippen molar-refractivity contribution < 1.29 is 14.3 Å². The SMILES string of the molecule is COc1ccc2nc(C)c(C(=O)N(C)CCOc3ccc(Cl)cc3)cc2c1. The number of ether oxygens (including phenoxy) is 2. The largest absolute Gasteiger partial charge is 0.497 e. The lowest BCUT2D eigenvalue weighted by molar-refractivity contribution is 0.0773. The van der Waals surface area contributed by atoms with E-state index in [-0.39, 0.29) is 5.91 Å². The van der Waals surface area contributed by atoms with Crippen molar-refractivity contribution >= 4 is 28.4 Å². The van der Waals surface area contributed by atoms with Crippen molar-refractivity contribution in [2.24, 2.45) is 0 Å². The maximum Gasteiger partial charge on any atom is 0.255 e. The van der Waals surface area contributed by atoms with Crippen LogP contribution in [0.25, 0.3) is 10.9 Å². The van der Waals surface area contributed by atoms with Crippen LogP contribution in [-0.2, 0) is 0 Å². The second kappa shape index (κ2) is 8.27. The molecule has 1 aromatic heterocycles. The Morgan fingerprint density at radius 1 is 1.11 bits per heavy atom. The van der Waals surface area contributed by atoms with E-state index in [1.165, 1.54) is 0 Å². The van der Waals surface area contributed by atoms with Crippen molar-refractivity contribution in [3.8, 4) is 11.5 Å². The molecule has 0 aliphatic heterocycles. The van der Waals surface area contributed by atoms with Gasteiger partial charge in [0.25, 0.3) is 5.91 Å². The molecule has 0 unspecified atom stereocenters. The van der Waals surface area contributed by atoms with E-state index >= 15 is 0 Å². The number of amides is 1. The minimum absolute atomic E-state index is 0.0931. The Kier molecular flexibility index (Phi) is 5.81. The summed E-state index contributed by atoms with van der Waals surface area (Å²) in [5.41, 5.74) is 2.10. The van der Waals surface area contributed by atoms with Crippen LogP contribution in [0.2, 0.25) is 5.02 Å². The molecule has 0 N–H and O–H groups in total. The van der Waals surface area contributed by atoms with Gasteiger partial charge in [0.05, 0.1) is 30.4 Å². The fourth-order valence-corrected chi connectivity index (χ4v) is 2.86. The van der Waals surface area contributed by atoms with E-state index in [0.29, 0.717) is 29.4 Å². The fraction of sp³-hybridized carbons (Fsp3) is 0.238. The third-order valence-corrected chi connectivity index (χ3v) is 4.55. The van der Waals surface area contributed by atoms with E-state index in [0.717, 1.165) is 22.4 Å². The van der Waals surface area contributed by atoms with Gasteiger partial charge in [-0.3, -0.25) is 9.78 Å². The highest BCUT2D eigenvalue weighted by Gasteiger charge is 2.16. The first-order valence-electron chi connectivity index (χ1n) is 8.57. The summed E-state index contributed by atoms with van der Waals surface area (Å²) in [6, 6.07) is 14.6. The Morgan fingerprint density at radius 3 is 2.52 bits per heavy atom. The van der Waals surface area contributed by atoms with Crippen molar-refractivity contribution in [3.05, 3.63) is 64.8 Å². The van der Waals surface area contributed by atoms with E-state index < -0.39 is 0 Å². The third kappa shape index (κ3) is 4.49. The molecular formula is C21H21ClN2O3. The standard InChI is InChI=1S/C21H21ClN2O3/c1-14-19(13-15-12-18(26-3)8-9-20(15)23-14)21(25)24(2)10-11-27-17-6-4-16(22)5-7-17/h4-9,12-13H,10-11H2,1-3H3. The second-order valence-electron chi connectivity index (χ2n) is 6.21. The number of aromatic nitrogens is 1. The van der Waals surface area contributed by atoms with E-state index in [4.69, 9.17) is 21.1 Å². The normalized spacial score (nSPS) is 10.7. The lowest BCUT2D eigenvalue weighted by atomic mass is 10.1. The molecule has 0 radical (unpaired) electrons. The molecular weight excluding hydrogens is 364 g/mol. The van der Waals surface area contributed by atoms with E-state index in [1.807, 2.05) is 31.2 Å². The molecule has 0 saturated carbocycles. The highest BCUT2D eigenvalue weighted by atomic mass is 35.5.